The summed E-state index contributed by atoms with van der Waals surface area (Å²) in [5.41, 5.74) is 6.30. The molecule has 1 aliphatic heterocycles. The van der Waals surface area contributed by atoms with Crippen molar-refractivity contribution in [1.29, 1.82) is 0 Å². The minimum atomic E-state index is -0.671. The maximum Gasteiger partial charge on any atom is 0.336 e. The molecule has 0 aromatic heterocycles. The van der Waals surface area contributed by atoms with Crippen molar-refractivity contribution in [3.63, 3.8) is 0 Å². The molecular formula is C18H18ClN3O4. The molecule has 7 nitrogen and oxygen atoms in total. The third-order valence-electron chi connectivity index (χ3n) is 4.52. The van der Waals surface area contributed by atoms with E-state index in [1.807, 2.05) is 12.2 Å². The van der Waals surface area contributed by atoms with E-state index >= 15 is 0 Å². The van der Waals surface area contributed by atoms with Crippen LogP contribution in [0.3, 0.4) is 0 Å². The number of allylic oxidation sites excluding steroid dienone is 2. The normalized spacial score (nSPS) is 22.5. The molecule has 0 radical (unpaired) electrons. The number of halogens is 1. The Morgan fingerprint density at radius 3 is 2.31 bits per heavy atom. The first-order valence-corrected chi connectivity index (χ1v) is 8.64. The number of rotatable bonds is 5. The highest BCUT2D eigenvalue weighted by molar-refractivity contribution is 6.30. The molecule has 3 rings (SSSR count). The van der Waals surface area contributed by atoms with Crippen LogP contribution in [0.4, 0.5) is 0 Å². The average molecular weight is 376 g/mol. The van der Waals surface area contributed by atoms with E-state index in [1.165, 1.54) is 0 Å². The Kier molecular flexibility index (Phi) is 5.37. The number of imide groups is 1. The lowest BCUT2D eigenvalue weighted by Gasteiger charge is -2.14. The zero-order valence-corrected chi connectivity index (χ0v) is 14.7. The number of benzene rings is 1. The monoisotopic (exact) mass is 375 g/mol. The molecule has 1 fully saturated rings. The largest absolute Gasteiger partial charge is 0.380 e. The fourth-order valence-electron chi connectivity index (χ4n) is 3.11. The van der Waals surface area contributed by atoms with Gasteiger partial charge in [0.05, 0.1) is 18.3 Å². The quantitative estimate of drug-likeness (QED) is 0.211. The molecule has 1 saturated heterocycles. The van der Waals surface area contributed by atoms with Gasteiger partial charge in [0.1, 0.15) is 0 Å². The van der Waals surface area contributed by atoms with Crippen LogP contribution in [0.25, 0.3) is 0 Å². The smallest absolute Gasteiger partial charge is 0.336 e. The molecule has 1 aromatic carbocycles. The van der Waals surface area contributed by atoms with Gasteiger partial charge >= 0.3 is 5.97 Å². The molecule has 1 aromatic rings. The van der Waals surface area contributed by atoms with Crippen molar-refractivity contribution in [2.75, 3.05) is 6.54 Å². The molecule has 0 spiro atoms. The van der Waals surface area contributed by atoms with Crippen LogP contribution in [0.5, 0.6) is 0 Å². The molecule has 2 aliphatic rings. The summed E-state index contributed by atoms with van der Waals surface area (Å²) in [5, 5.41) is 4.13. The summed E-state index contributed by atoms with van der Waals surface area (Å²) in [6.07, 6.45) is 4.83. The van der Waals surface area contributed by atoms with Gasteiger partial charge in [-0.15, -0.1) is 0 Å². The first-order chi connectivity index (χ1) is 12.5. The SMILES string of the molecule is N/C(=N/OC(=O)CCN1C(=O)[C@H]2CC=CC[C@H]2C1=O)c1ccc(Cl)cc1. The van der Waals surface area contributed by atoms with Gasteiger partial charge in [-0.05, 0) is 37.1 Å². The Bertz CT molecular complexity index is 762. The second kappa shape index (κ2) is 7.70. The van der Waals surface area contributed by atoms with Crippen LogP contribution in [-0.2, 0) is 19.2 Å². The van der Waals surface area contributed by atoms with Crippen molar-refractivity contribution in [2.24, 2.45) is 22.7 Å². The number of amides is 2. The number of carbonyl (C=O) groups excluding carboxylic acids is 3. The molecule has 0 saturated carbocycles. The minimum Gasteiger partial charge on any atom is -0.380 e. The predicted molar refractivity (Wildman–Crippen MR) is 95.0 cm³/mol. The van der Waals surface area contributed by atoms with Crippen LogP contribution in [-0.4, -0.2) is 35.1 Å². The van der Waals surface area contributed by atoms with Gasteiger partial charge in [-0.2, -0.15) is 0 Å². The topological polar surface area (TPSA) is 102 Å². The molecule has 0 bridgehead atoms. The van der Waals surface area contributed by atoms with E-state index in [0.29, 0.717) is 23.4 Å². The number of amidine groups is 1. The summed E-state index contributed by atoms with van der Waals surface area (Å²) >= 11 is 5.79. The van der Waals surface area contributed by atoms with Gasteiger partial charge in [-0.3, -0.25) is 14.5 Å². The Balaban J connectivity index is 1.53. The number of likely N-dealkylation sites (tertiary alicyclic amines) is 1. The van der Waals surface area contributed by atoms with Crippen LogP contribution in [0, 0.1) is 11.8 Å². The van der Waals surface area contributed by atoms with Gasteiger partial charge in [0.25, 0.3) is 0 Å². The molecule has 2 atom stereocenters. The van der Waals surface area contributed by atoms with Crippen LogP contribution < -0.4 is 5.73 Å². The number of nitrogens with zero attached hydrogens (tertiary/aromatic N) is 2. The number of fused-ring (bicyclic) bond motifs is 1. The van der Waals surface area contributed by atoms with E-state index in [2.05, 4.69) is 5.16 Å². The average Bonchev–Trinajstić information content (AvgIpc) is 2.89. The van der Waals surface area contributed by atoms with Crippen molar-refractivity contribution in [3.05, 3.63) is 47.0 Å². The van der Waals surface area contributed by atoms with E-state index in [-0.39, 0.29) is 42.5 Å². The number of oxime groups is 1. The van der Waals surface area contributed by atoms with Gasteiger partial charge < -0.3 is 10.6 Å². The second-order valence-corrected chi connectivity index (χ2v) is 6.62. The summed E-state index contributed by atoms with van der Waals surface area (Å²) in [7, 11) is 0. The summed E-state index contributed by atoms with van der Waals surface area (Å²) in [5.74, 6) is -1.69. The summed E-state index contributed by atoms with van der Waals surface area (Å²) < 4.78 is 0. The number of hydrogen-bond acceptors (Lipinski definition) is 5. The van der Waals surface area contributed by atoms with Gasteiger partial charge in [0, 0.05) is 17.1 Å². The summed E-state index contributed by atoms with van der Waals surface area (Å²) in [4.78, 5) is 42.4. The molecule has 136 valence electrons. The first kappa shape index (κ1) is 18.1. The third kappa shape index (κ3) is 3.77. The second-order valence-electron chi connectivity index (χ2n) is 6.18. The van der Waals surface area contributed by atoms with Crippen molar-refractivity contribution in [2.45, 2.75) is 19.3 Å². The molecule has 0 unspecified atom stereocenters. The van der Waals surface area contributed by atoms with Crippen LogP contribution in [0.15, 0.2) is 41.6 Å². The van der Waals surface area contributed by atoms with Crippen LogP contribution in [0.1, 0.15) is 24.8 Å². The van der Waals surface area contributed by atoms with E-state index in [9.17, 15) is 14.4 Å². The molecular weight excluding hydrogens is 358 g/mol. The van der Waals surface area contributed by atoms with Gasteiger partial charge in [-0.25, -0.2) is 4.79 Å². The van der Waals surface area contributed by atoms with Crippen molar-refractivity contribution >= 4 is 35.2 Å². The molecule has 1 aliphatic carbocycles. The fraction of sp³-hybridized carbons (Fsp3) is 0.333. The van der Waals surface area contributed by atoms with E-state index in [4.69, 9.17) is 22.2 Å². The number of hydrogen-bond donors (Lipinski definition) is 1. The van der Waals surface area contributed by atoms with Crippen LogP contribution in [0.2, 0.25) is 5.02 Å². The number of nitrogens with two attached hydrogens (primary N) is 1. The van der Waals surface area contributed by atoms with Gasteiger partial charge in [-0.1, -0.05) is 28.9 Å². The molecule has 26 heavy (non-hydrogen) atoms. The van der Waals surface area contributed by atoms with Gasteiger partial charge in [0.15, 0.2) is 5.84 Å². The molecule has 2 amide bonds. The Morgan fingerprint density at radius 1 is 1.15 bits per heavy atom. The van der Waals surface area contributed by atoms with Gasteiger partial charge in [0.2, 0.25) is 11.8 Å². The maximum absolute atomic E-state index is 12.3. The molecule has 2 N–H and O–H groups in total. The highest BCUT2D eigenvalue weighted by Crippen LogP contribution is 2.34. The lowest BCUT2D eigenvalue weighted by Crippen LogP contribution is -2.33. The lowest BCUT2D eigenvalue weighted by molar-refractivity contribution is -0.145. The molecule has 8 heteroatoms. The fourth-order valence-corrected chi connectivity index (χ4v) is 3.24. The Morgan fingerprint density at radius 2 is 1.73 bits per heavy atom. The first-order valence-electron chi connectivity index (χ1n) is 8.27. The standard InChI is InChI=1S/C18H18ClN3O4/c19-12-7-5-11(6-8-12)16(20)21-26-15(23)9-10-22-17(24)13-3-1-2-4-14(13)18(22)25/h1-2,5-8,13-14H,3-4,9-10H2,(H2,20,21)/t13-,14+. The lowest BCUT2D eigenvalue weighted by atomic mass is 9.85. The Hall–Kier alpha value is -2.67. The zero-order chi connectivity index (χ0) is 18.7. The number of carbonyl (C=O) groups is 3. The summed E-state index contributed by atoms with van der Waals surface area (Å²) in [6, 6.07) is 6.57. The molecule has 1 heterocycles. The predicted octanol–water partition coefficient (Wildman–Crippen LogP) is 1.84. The minimum absolute atomic E-state index is 0.0140. The van der Waals surface area contributed by atoms with Crippen molar-refractivity contribution < 1.29 is 19.2 Å². The summed E-state index contributed by atoms with van der Waals surface area (Å²) in [6.45, 7) is -0.0140. The van der Waals surface area contributed by atoms with Crippen molar-refractivity contribution in [1.82, 2.24) is 4.90 Å². The van der Waals surface area contributed by atoms with E-state index in [1.54, 1.807) is 24.3 Å². The Labute approximate surface area is 155 Å². The zero-order valence-electron chi connectivity index (χ0n) is 13.9. The van der Waals surface area contributed by atoms with E-state index in [0.717, 1.165) is 4.90 Å². The third-order valence-corrected chi connectivity index (χ3v) is 4.78. The van der Waals surface area contributed by atoms with Crippen LogP contribution >= 0.6 is 11.6 Å². The highest BCUT2D eigenvalue weighted by atomic mass is 35.5. The van der Waals surface area contributed by atoms with E-state index < -0.39 is 5.97 Å². The maximum atomic E-state index is 12.3. The highest BCUT2D eigenvalue weighted by Gasteiger charge is 2.46. The van der Waals surface area contributed by atoms with Crippen molar-refractivity contribution in [3.8, 4) is 0 Å².